The molecule has 5 heteroatoms. The number of aromatic nitrogens is 4. The van der Waals surface area contributed by atoms with Gasteiger partial charge in [0.1, 0.15) is 6.33 Å². The molecule has 78 valence electrons. The summed E-state index contributed by atoms with van der Waals surface area (Å²) < 4.78 is 0. The largest absolute Gasteiger partial charge is 0.361 e. The predicted octanol–water partition coefficient (Wildman–Crippen LogP) is 2.04. The van der Waals surface area contributed by atoms with Gasteiger partial charge in [0.05, 0.1) is 0 Å². The number of hydrogen-bond donors (Lipinski definition) is 2. The SMILES string of the molecule is C(=Nc1ncn[nH]1)c1c[nH]c2ccccc12. The minimum Gasteiger partial charge on any atom is -0.361 e. The molecule has 2 heterocycles. The number of nitrogens with one attached hydrogen (secondary N) is 2. The van der Waals surface area contributed by atoms with Crippen LogP contribution in [0.15, 0.2) is 41.8 Å². The quantitative estimate of drug-likeness (QED) is 0.637. The number of para-hydroxylation sites is 1. The van der Waals surface area contributed by atoms with Gasteiger partial charge in [-0.15, -0.1) is 0 Å². The fourth-order valence-corrected chi connectivity index (χ4v) is 1.59. The number of aromatic amines is 2. The third kappa shape index (κ3) is 1.48. The second-order valence-corrected chi connectivity index (χ2v) is 3.36. The van der Waals surface area contributed by atoms with Gasteiger partial charge < -0.3 is 4.98 Å². The van der Waals surface area contributed by atoms with Gasteiger partial charge in [-0.3, -0.25) is 0 Å². The number of hydrogen-bond acceptors (Lipinski definition) is 3. The highest BCUT2D eigenvalue weighted by Crippen LogP contribution is 2.16. The fraction of sp³-hybridized carbons (Fsp3) is 0. The molecule has 0 aliphatic carbocycles. The van der Waals surface area contributed by atoms with Crippen LogP contribution in [0.1, 0.15) is 5.56 Å². The van der Waals surface area contributed by atoms with Gasteiger partial charge in [-0.2, -0.15) is 10.1 Å². The molecule has 0 saturated carbocycles. The van der Waals surface area contributed by atoms with E-state index in [1.54, 1.807) is 6.21 Å². The first kappa shape index (κ1) is 8.84. The highest BCUT2D eigenvalue weighted by molar-refractivity contribution is 5.99. The topological polar surface area (TPSA) is 69.7 Å². The van der Waals surface area contributed by atoms with E-state index < -0.39 is 0 Å². The van der Waals surface area contributed by atoms with Crippen LogP contribution in [-0.4, -0.2) is 26.4 Å². The molecule has 0 unspecified atom stereocenters. The fourth-order valence-electron chi connectivity index (χ4n) is 1.59. The van der Waals surface area contributed by atoms with Crippen LogP contribution in [0.4, 0.5) is 5.95 Å². The minimum atomic E-state index is 0.505. The molecule has 0 bridgehead atoms. The van der Waals surface area contributed by atoms with Gasteiger partial charge >= 0.3 is 0 Å². The first-order chi connectivity index (χ1) is 7.93. The molecule has 0 aliphatic rings. The predicted molar refractivity (Wildman–Crippen MR) is 61.9 cm³/mol. The lowest BCUT2D eigenvalue weighted by atomic mass is 10.2. The van der Waals surface area contributed by atoms with Gasteiger partial charge in [0.2, 0.25) is 5.95 Å². The summed E-state index contributed by atoms with van der Waals surface area (Å²) in [4.78, 5) is 11.3. The molecule has 5 nitrogen and oxygen atoms in total. The van der Waals surface area contributed by atoms with Crippen molar-refractivity contribution in [3.8, 4) is 0 Å². The molecule has 0 spiro atoms. The molecule has 0 saturated heterocycles. The van der Waals surface area contributed by atoms with Gasteiger partial charge in [-0.05, 0) is 6.07 Å². The Labute approximate surface area is 91.3 Å². The van der Waals surface area contributed by atoms with Crippen molar-refractivity contribution in [1.82, 2.24) is 20.2 Å². The van der Waals surface area contributed by atoms with Crippen LogP contribution in [0, 0.1) is 0 Å². The second-order valence-electron chi connectivity index (χ2n) is 3.36. The molecule has 2 aromatic heterocycles. The zero-order chi connectivity index (χ0) is 10.8. The molecule has 0 fully saturated rings. The maximum absolute atomic E-state index is 4.18. The third-order valence-corrected chi connectivity index (χ3v) is 2.35. The highest BCUT2D eigenvalue weighted by atomic mass is 15.2. The van der Waals surface area contributed by atoms with Crippen molar-refractivity contribution in [3.05, 3.63) is 42.4 Å². The maximum Gasteiger partial charge on any atom is 0.245 e. The summed E-state index contributed by atoms with van der Waals surface area (Å²) in [5, 5.41) is 7.55. The number of fused-ring (bicyclic) bond motifs is 1. The second kappa shape index (κ2) is 3.62. The number of nitrogens with zero attached hydrogens (tertiary/aromatic N) is 3. The van der Waals surface area contributed by atoms with Crippen LogP contribution in [0.3, 0.4) is 0 Å². The number of aliphatic imine (C=N–C) groups is 1. The van der Waals surface area contributed by atoms with E-state index in [9.17, 15) is 0 Å². The van der Waals surface area contributed by atoms with E-state index in [1.165, 1.54) is 6.33 Å². The van der Waals surface area contributed by atoms with Crippen molar-refractivity contribution in [3.63, 3.8) is 0 Å². The van der Waals surface area contributed by atoms with Gasteiger partial charge in [0.15, 0.2) is 0 Å². The first-order valence-electron chi connectivity index (χ1n) is 4.89. The molecule has 0 amide bonds. The van der Waals surface area contributed by atoms with Gasteiger partial charge in [0.25, 0.3) is 0 Å². The number of rotatable bonds is 2. The Balaban J connectivity index is 2.01. The molecular weight excluding hydrogens is 202 g/mol. The first-order valence-corrected chi connectivity index (χ1v) is 4.89. The molecule has 0 radical (unpaired) electrons. The van der Waals surface area contributed by atoms with E-state index in [4.69, 9.17) is 0 Å². The lowest BCUT2D eigenvalue weighted by Crippen LogP contribution is -1.77. The van der Waals surface area contributed by atoms with Crippen LogP contribution >= 0.6 is 0 Å². The Morgan fingerprint density at radius 3 is 3.06 bits per heavy atom. The maximum atomic E-state index is 4.18. The summed E-state index contributed by atoms with van der Waals surface area (Å²) >= 11 is 0. The molecule has 0 aliphatic heterocycles. The van der Waals surface area contributed by atoms with Crippen molar-refractivity contribution in [1.29, 1.82) is 0 Å². The van der Waals surface area contributed by atoms with Crippen LogP contribution < -0.4 is 0 Å². The molecular formula is C11H9N5. The van der Waals surface area contributed by atoms with E-state index in [0.717, 1.165) is 16.5 Å². The summed E-state index contributed by atoms with van der Waals surface area (Å²) in [6, 6.07) is 8.08. The molecule has 16 heavy (non-hydrogen) atoms. The van der Waals surface area contributed by atoms with E-state index in [1.807, 2.05) is 30.5 Å². The average Bonchev–Trinajstić information content (AvgIpc) is 2.96. The summed E-state index contributed by atoms with van der Waals surface area (Å²) in [6.07, 6.45) is 5.12. The van der Waals surface area contributed by atoms with Crippen LogP contribution in [0.25, 0.3) is 10.9 Å². The standard InChI is InChI=1S/C11H9N5/c1-2-4-10-9(3-1)8(5-12-10)6-13-11-14-7-15-16-11/h1-7,12H,(H,14,15,16). The number of benzene rings is 1. The Morgan fingerprint density at radius 1 is 1.25 bits per heavy atom. The summed E-state index contributed by atoms with van der Waals surface area (Å²) in [7, 11) is 0. The monoisotopic (exact) mass is 211 g/mol. The van der Waals surface area contributed by atoms with Crippen molar-refractivity contribution >= 4 is 23.1 Å². The number of H-pyrrole nitrogens is 2. The smallest absolute Gasteiger partial charge is 0.245 e. The molecule has 0 atom stereocenters. The van der Waals surface area contributed by atoms with Crippen LogP contribution in [-0.2, 0) is 0 Å². The van der Waals surface area contributed by atoms with Crippen LogP contribution in [0.2, 0.25) is 0 Å². The molecule has 2 N–H and O–H groups in total. The normalized spacial score (nSPS) is 11.5. The Morgan fingerprint density at radius 2 is 2.19 bits per heavy atom. The lowest BCUT2D eigenvalue weighted by molar-refractivity contribution is 1.08. The molecule has 1 aromatic carbocycles. The lowest BCUT2D eigenvalue weighted by Gasteiger charge is -1.89. The van der Waals surface area contributed by atoms with Gasteiger partial charge in [-0.1, -0.05) is 18.2 Å². The summed E-state index contributed by atoms with van der Waals surface area (Å²) in [5.41, 5.74) is 2.13. The molecule has 3 aromatic rings. The van der Waals surface area contributed by atoms with E-state index >= 15 is 0 Å². The summed E-state index contributed by atoms with van der Waals surface area (Å²) in [6.45, 7) is 0. The van der Waals surface area contributed by atoms with Crippen molar-refractivity contribution < 1.29 is 0 Å². The van der Waals surface area contributed by atoms with E-state index in [-0.39, 0.29) is 0 Å². The van der Waals surface area contributed by atoms with Crippen molar-refractivity contribution in [2.45, 2.75) is 0 Å². The Hall–Kier alpha value is -2.43. The minimum absolute atomic E-state index is 0.505. The van der Waals surface area contributed by atoms with E-state index in [2.05, 4.69) is 25.2 Å². The third-order valence-electron chi connectivity index (χ3n) is 2.35. The van der Waals surface area contributed by atoms with Crippen LogP contribution in [0.5, 0.6) is 0 Å². The Bertz CT molecular complexity index is 621. The van der Waals surface area contributed by atoms with Crippen molar-refractivity contribution in [2.75, 3.05) is 0 Å². The van der Waals surface area contributed by atoms with Gasteiger partial charge in [-0.25, -0.2) is 10.1 Å². The van der Waals surface area contributed by atoms with Gasteiger partial charge in [0, 0.05) is 28.9 Å². The van der Waals surface area contributed by atoms with Crippen molar-refractivity contribution in [2.24, 2.45) is 4.99 Å². The van der Waals surface area contributed by atoms with E-state index in [0.29, 0.717) is 5.95 Å². The Kier molecular flexibility index (Phi) is 2.00. The average molecular weight is 211 g/mol. The molecule has 3 rings (SSSR count). The zero-order valence-electron chi connectivity index (χ0n) is 8.38. The summed E-state index contributed by atoms with van der Waals surface area (Å²) in [5.74, 6) is 0.505. The zero-order valence-corrected chi connectivity index (χ0v) is 8.38. The highest BCUT2D eigenvalue weighted by Gasteiger charge is 1.99.